The van der Waals surface area contributed by atoms with Crippen molar-refractivity contribution in [3.63, 3.8) is 0 Å². The number of aliphatic hydroxyl groups is 1. The molecule has 0 saturated heterocycles. The van der Waals surface area contributed by atoms with Crippen LogP contribution in [-0.2, 0) is 0 Å². The summed E-state index contributed by atoms with van der Waals surface area (Å²) in [6.45, 7) is -0.136. The predicted octanol–water partition coefficient (Wildman–Crippen LogP) is 1.62. The van der Waals surface area contributed by atoms with E-state index in [0.29, 0.717) is 0 Å². The van der Waals surface area contributed by atoms with Gasteiger partial charge in [0.1, 0.15) is 6.61 Å². The molecule has 0 radical (unpaired) electrons. The molecule has 0 aromatic heterocycles. The molecule has 0 bridgehead atoms. The highest BCUT2D eigenvalue weighted by Gasteiger charge is 2.30. The fourth-order valence-electron chi connectivity index (χ4n) is 1.44. The zero-order valence-electron chi connectivity index (χ0n) is 8.36. The first-order valence-electron chi connectivity index (χ1n) is 5.05. The zero-order valence-corrected chi connectivity index (χ0v) is 8.36. The van der Waals surface area contributed by atoms with Crippen LogP contribution >= 0.6 is 0 Å². The number of hydrogen-bond donors (Lipinski definition) is 1. The number of hydrogen-bond acceptors (Lipinski definition) is 2. The number of aliphatic hydroxyl groups excluding tert-OH is 1. The number of carbonyl (C=O) groups is 1. The summed E-state index contributed by atoms with van der Waals surface area (Å²) >= 11 is 0. The molecule has 2 heteroatoms. The molecule has 0 atom stereocenters. The van der Waals surface area contributed by atoms with E-state index in [2.05, 4.69) is 11.8 Å². The van der Waals surface area contributed by atoms with Gasteiger partial charge in [-0.2, -0.15) is 0 Å². The molecule has 1 aliphatic carbocycles. The molecule has 1 aliphatic rings. The van der Waals surface area contributed by atoms with Crippen LogP contribution in [0, 0.1) is 17.8 Å². The Bertz CT molecular complexity index is 416. The van der Waals surface area contributed by atoms with Crippen LogP contribution in [0.1, 0.15) is 28.8 Å². The highest BCUT2D eigenvalue weighted by atomic mass is 16.2. The van der Waals surface area contributed by atoms with Crippen molar-refractivity contribution in [1.29, 1.82) is 0 Å². The maximum absolute atomic E-state index is 11.7. The van der Waals surface area contributed by atoms with E-state index in [9.17, 15) is 4.79 Å². The quantitative estimate of drug-likeness (QED) is 0.582. The lowest BCUT2D eigenvalue weighted by Gasteiger charge is -1.98. The summed E-state index contributed by atoms with van der Waals surface area (Å²) in [6, 6.07) is 7.25. The van der Waals surface area contributed by atoms with Crippen LogP contribution in [0.4, 0.5) is 0 Å². The lowest BCUT2D eigenvalue weighted by atomic mass is 10.1. The van der Waals surface area contributed by atoms with E-state index in [4.69, 9.17) is 5.11 Å². The van der Waals surface area contributed by atoms with Crippen LogP contribution in [0.3, 0.4) is 0 Å². The van der Waals surface area contributed by atoms with Gasteiger partial charge in [0.15, 0.2) is 5.78 Å². The lowest BCUT2D eigenvalue weighted by Crippen LogP contribution is -2.00. The molecule has 76 valence electrons. The monoisotopic (exact) mass is 200 g/mol. The predicted molar refractivity (Wildman–Crippen MR) is 57.5 cm³/mol. The van der Waals surface area contributed by atoms with Gasteiger partial charge < -0.3 is 5.11 Å². The normalized spacial score (nSPS) is 14.2. The van der Waals surface area contributed by atoms with Crippen molar-refractivity contribution in [3.8, 4) is 11.8 Å². The summed E-state index contributed by atoms with van der Waals surface area (Å²) in [7, 11) is 0. The van der Waals surface area contributed by atoms with Crippen molar-refractivity contribution >= 4 is 5.78 Å². The average molecular weight is 200 g/mol. The van der Waals surface area contributed by atoms with E-state index in [1.54, 1.807) is 0 Å². The molecule has 2 rings (SSSR count). The van der Waals surface area contributed by atoms with Gasteiger partial charge in [-0.15, -0.1) is 0 Å². The van der Waals surface area contributed by atoms with Crippen LogP contribution < -0.4 is 0 Å². The van der Waals surface area contributed by atoms with Crippen LogP contribution in [-0.4, -0.2) is 17.5 Å². The number of Topliss-reactive ketones (excluding diaryl/α,β-unsaturated/α-hetero) is 1. The molecule has 0 spiro atoms. The van der Waals surface area contributed by atoms with Crippen LogP contribution in [0.5, 0.6) is 0 Å². The van der Waals surface area contributed by atoms with Crippen molar-refractivity contribution in [2.24, 2.45) is 5.92 Å². The molecular formula is C13H12O2. The Hall–Kier alpha value is -1.59. The van der Waals surface area contributed by atoms with E-state index >= 15 is 0 Å². The van der Waals surface area contributed by atoms with E-state index in [1.807, 2.05) is 24.3 Å². The van der Waals surface area contributed by atoms with Gasteiger partial charge in [-0.05, 0) is 25.0 Å². The van der Waals surface area contributed by atoms with Crippen molar-refractivity contribution in [2.75, 3.05) is 6.61 Å². The van der Waals surface area contributed by atoms with Crippen LogP contribution in [0.2, 0.25) is 0 Å². The third kappa shape index (κ3) is 2.45. The van der Waals surface area contributed by atoms with Crippen molar-refractivity contribution < 1.29 is 9.90 Å². The topological polar surface area (TPSA) is 37.3 Å². The summed E-state index contributed by atoms with van der Waals surface area (Å²) in [5, 5.41) is 8.52. The first-order chi connectivity index (χ1) is 7.31. The Morgan fingerprint density at radius 2 is 2.00 bits per heavy atom. The second-order valence-corrected chi connectivity index (χ2v) is 3.68. The minimum absolute atomic E-state index is 0.136. The molecule has 0 heterocycles. The largest absolute Gasteiger partial charge is 0.384 e. The van der Waals surface area contributed by atoms with E-state index < -0.39 is 0 Å². The molecule has 0 aliphatic heterocycles. The molecular weight excluding hydrogens is 188 g/mol. The highest BCUT2D eigenvalue weighted by molar-refractivity contribution is 5.99. The summed E-state index contributed by atoms with van der Waals surface area (Å²) in [5.41, 5.74) is 1.60. The molecule has 2 nitrogen and oxygen atoms in total. The Labute approximate surface area is 88.9 Å². The minimum atomic E-state index is -0.136. The van der Waals surface area contributed by atoms with Gasteiger partial charge >= 0.3 is 0 Å². The maximum Gasteiger partial charge on any atom is 0.165 e. The van der Waals surface area contributed by atoms with Crippen molar-refractivity contribution in [3.05, 3.63) is 35.4 Å². The molecule has 1 N–H and O–H groups in total. The van der Waals surface area contributed by atoms with Crippen molar-refractivity contribution in [1.82, 2.24) is 0 Å². The van der Waals surface area contributed by atoms with E-state index in [1.165, 1.54) is 0 Å². The van der Waals surface area contributed by atoms with E-state index in [0.717, 1.165) is 24.0 Å². The van der Waals surface area contributed by atoms with Gasteiger partial charge in [-0.25, -0.2) is 0 Å². The summed E-state index contributed by atoms with van der Waals surface area (Å²) in [6.07, 6.45) is 2.07. The smallest absolute Gasteiger partial charge is 0.165 e. The van der Waals surface area contributed by atoms with Crippen molar-refractivity contribution in [2.45, 2.75) is 12.8 Å². The molecule has 1 aromatic rings. The fraction of sp³-hybridized carbons (Fsp3) is 0.308. The van der Waals surface area contributed by atoms with Gasteiger partial charge in [0.2, 0.25) is 0 Å². The SMILES string of the molecule is O=C(c1ccc(C#CCO)cc1)C1CC1. The average Bonchev–Trinajstić information content (AvgIpc) is 3.10. The maximum atomic E-state index is 11.7. The van der Waals surface area contributed by atoms with Crippen LogP contribution in [0.15, 0.2) is 24.3 Å². The highest BCUT2D eigenvalue weighted by Crippen LogP contribution is 2.32. The first-order valence-corrected chi connectivity index (χ1v) is 5.05. The second-order valence-electron chi connectivity index (χ2n) is 3.68. The Morgan fingerprint density at radius 3 is 2.53 bits per heavy atom. The third-order valence-electron chi connectivity index (χ3n) is 2.43. The third-order valence-corrected chi connectivity index (χ3v) is 2.43. The molecule has 1 saturated carbocycles. The summed E-state index contributed by atoms with van der Waals surface area (Å²) in [5.74, 6) is 5.87. The zero-order chi connectivity index (χ0) is 10.7. The van der Waals surface area contributed by atoms with Crippen LogP contribution in [0.25, 0.3) is 0 Å². The number of benzene rings is 1. The summed E-state index contributed by atoms with van der Waals surface area (Å²) < 4.78 is 0. The molecule has 0 amide bonds. The Balaban J connectivity index is 2.12. The number of carbonyl (C=O) groups excluding carboxylic acids is 1. The Kier molecular flexibility index (Phi) is 2.84. The first kappa shape index (κ1) is 9.95. The van der Waals surface area contributed by atoms with Gasteiger partial charge in [0, 0.05) is 17.0 Å². The number of rotatable bonds is 2. The van der Waals surface area contributed by atoms with Gasteiger partial charge in [0.05, 0.1) is 0 Å². The summed E-state index contributed by atoms with van der Waals surface area (Å²) in [4.78, 5) is 11.7. The standard InChI is InChI=1S/C13H12O2/c14-9-1-2-10-3-5-11(6-4-10)13(15)12-7-8-12/h3-6,12,14H,7-9H2. The van der Waals surface area contributed by atoms with Gasteiger partial charge in [-0.1, -0.05) is 24.0 Å². The van der Waals surface area contributed by atoms with E-state index in [-0.39, 0.29) is 18.3 Å². The fourth-order valence-corrected chi connectivity index (χ4v) is 1.44. The number of ketones is 1. The molecule has 1 fully saturated rings. The molecule has 1 aromatic carbocycles. The molecule has 0 unspecified atom stereocenters. The second kappa shape index (κ2) is 4.29. The minimum Gasteiger partial charge on any atom is -0.384 e. The lowest BCUT2D eigenvalue weighted by molar-refractivity contribution is 0.0967. The van der Waals surface area contributed by atoms with Gasteiger partial charge in [0.25, 0.3) is 0 Å². The van der Waals surface area contributed by atoms with Gasteiger partial charge in [-0.3, -0.25) is 4.79 Å². The molecule has 15 heavy (non-hydrogen) atoms. The Morgan fingerprint density at radius 1 is 1.33 bits per heavy atom.